The molecule has 0 aromatic carbocycles. The third-order valence-electron chi connectivity index (χ3n) is 3.27. The molecule has 1 aromatic heterocycles. The van der Waals surface area contributed by atoms with Gasteiger partial charge in [-0.2, -0.15) is 4.37 Å². The number of rotatable bonds is 4. The zero-order valence-electron chi connectivity index (χ0n) is 10.5. The van der Waals surface area contributed by atoms with Gasteiger partial charge in [0, 0.05) is 19.0 Å². The maximum absolute atomic E-state index is 5.77. The van der Waals surface area contributed by atoms with Gasteiger partial charge in [-0.1, -0.05) is 6.08 Å². The SMILES string of the molecule is CN1CCC=C(c2nsnc2OCC2COC2)C1. The van der Waals surface area contributed by atoms with Gasteiger partial charge in [-0.15, -0.1) is 4.37 Å². The van der Waals surface area contributed by atoms with E-state index in [4.69, 9.17) is 9.47 Å². The van der Waals surface area contributed by atoms with E-state index in [1.165, 1.54) is 17.3 Å². The van der Waals surface area contributed by atoms with Crippen molar-refractivity contribution in [2.24, 2.45) is 5.92 Å². The fourth-order valence-electron chi connectivity index (χ4n) is 2.11. The van der Waals surface area contributed by atoms with Gasteiger partial charge in [0.05, 0.1) is 31.5 Å². The van der Waals surface area contributed by atoms with E-state index >= 15 is 0 Å². The second kappa shape index (κ2) is 5.34. The molecule has 0 atom stereocenters. The van der Waals surface area contributed by atoms with E-state index in [9.17, 15) is 0 Å². The second-order valence-corrected chi connectivity index (χ2v) is 5.42. The van der Waals surface area contributed by atoms with E-state index < -0.39 is 0 Å². The van der Waals surface area contributed by atoms with Crippen LogP contribution in [0.4, 0.5) is 0 Å². The van der Waals surface area contributed by atoms with Crippen LogP contribution in [0.2, 0.25) is 0 Å². The summed E-state index contributed by atoms with van der Waals surface area (Å²) in [5.41, 5.74) is 2.16. The minimum atomic E-state index is 0.516. The Morgan fingerprint density at radius 3 is 3.11 bits per heavy atom. The summed E-state index contributed by atoms with van der Waals surface area (Å²) in [6.07, 6.45) is 3.31. The van der Waals surface area contributed by atoms with Crippen LogP contribution in [0.1, 0.15) is 12.1 Å². The van der Waals surface area contributed by atoms with Crippen LogP contribution < -0.4 is 4.74 Å². The summed E-state index contributed by atoms with van der Waals surface area (Å²) in [5, 5.41) is 0. The molecule has 0 N–H and O–H groups in total. The number of nitrogens with zero attached hydrogens (tertiary/aromatic N) is 3. The first kappa shape index (κ1) is 12.1. The fourth-order valence-corrected chi connectivity index (χ4v) is 2.65. The van der Waals surface area contributed by atoms with Gasteiger partial charge in [-0.05, 0) is 19.0 Å². The van der Waals surface area contributed by atoms with E-state index in [1.807, 2.05) is 0 Å². The number of likely N-dealkylation sites (N-methyl/N-ethyl adjacent to an activating group) is 1. The Hall–Kier alpha value is -0.980. The van der Waals surface area contributed by atoms with Crippen LogP contribution in [0.15, 0.2) is 6.08 Å². The molecule has 1 fully saturated rings. The summed E-state index contributed by atoms with van der Waals surface area (Å²) in [6.45, 7) is 4.32. The third kappa shape index (κ3) is 2.55. The first-order valence-electron chi connectivity index (χ1n) is 6.24. The highest BCUT2D eigenvalue weighted by molar-refractivity contribution is 6.99. The molecular weight excluding hydrogens is 250 g/mol. The Kier molecular flexibility index (Phi) is 3.58. The van der Waals surface area contributed by atoms with Gasteiger partial charge < -0.3 is 14.4 Å². The monoisotopic (exact) mass is 267 g/mol. The topological polar surface area (TPSA) is 47.5 Å². The second-order valence-electron chi connectivity index (χ2n) is 4.89. The molecule has 0 amide bonds. The van der Waals surface area contributed by atoms with E-state index in [1.54, 1.807) is 0 Å². The number of hydrogen-bond acceptors (Lipinski definition) is 6. The van der Waals surface area contributed by atoms with Crippen molar-refractivity contribution in [1.29, 1.82) is 0 Å². The minimum absolute atomic E-state index is 0.516. The summed E-state index contributed by atoms with van der Waals surface area (Å²) in [5.74, 6) is 1.20. The lowest BCUT2D eigenvalue weighted by molar-refractivity contribution is -0.0513. The van der Waals surface area contributed by atoms with E-state index in [0.29, 0.717) is 18.4 Å². The molecule has 3 heterocycles. The van der Waals surface area contributed by atoms with Gasteiger partial charge in [0.1, 0.15) is 5.69 Å². The lowest BCUT2D eigenvalue weighted by atomic mass is 10.1. The van der Waals surface area contributed by atoms with Crippen LogP contribution in [-0.2, 0) is 4.74 Å². The van der Waals surface area contributed by atoms with Crippen molar-refractivity contribution in [2.75, 3.05) is 40.0 Å². The highest BCUT2D eigenvalue weighted by Gasteiger charge is 2.22. The third-order valence-corrected chi connectivity index (χ3v) is 3.78. The van der Waals surface area contributed by atoms with Crippen molar-refractivity contribution in [3.63, 3.8) is 0 Å². The van der Waals surface area contributed by atoms with Crippen molar-refractivity contribution < 1.29 is 9.47 Å². The highest BCUT2D eigenvalue weighted by atomic mass is 32.1. The van der Waals surface area contributed by atoms with Crippen molar-refractivity contribution >= 4 is 17.3 Å². The molecule has 6 heteroatoms. The highest BCUT2D eigenvalue weighted by Crippen LogP contribution is 2.27. The first-order valence-corrected chi connectivity index (χ1v) is 6.97. The van der Waals surface area contributed by atoms with Crippen molar-refractivity contribution in [3.05, 3.63) is 11.8 Å². The number of aromatic nitrogens is 2. The van der Waals surface area contributed by atoms with Gasteiger partial charge in [0.15, 0.2) is 0 Å². The number of hydrogen-bond donors (Lipinski definition) is 0. The molecular formula is C12H17N3O2S. The first-order chi connectivity index (χ1) is 8.83. The average Bonchev–Trinajstić information content (AvgIpc) is 2.75. The smallest absolute Gasteiger partial charge is 0.253 e. The molecule has 2 aliphatic heterocycles. The van der Waals surface area contributed by atoms with E-state index in [2.05, 4.69) is 26.8 Å². The fraction of sp³-hybridized carbons (Fsp3) is 0.667. The Labute approximate surface area is 111 Å². The summed E-state index contributed by atoms with van der Waals surface area (Å²) in [7, 11) is 2.12. The van der Waals surface area contributed by atoms with Crippen LogP contribution in [0.5, 0.6) is 5.88 Å². The maximum Gasteiger partial charge on any atom is 0.253 e. The van der Waals surface area contributed by atoms with E-state index in [-0.39, 0.29) is 0 Å². The van der Waals surface area contributed by atoms with Gasteiger partial charge >= 0.3 is 0 Å². The van der Waals surface area contributed by atoms with Crippen LogP contribution >= 0.6 is 11.7 Å². The molecule has 0 aliphatic carbocycles. The lowest BCUT2D eigenvalue weighted by Gasteiger charge is -2.25. The average molecular weight is 267 g/mol. The molecule has 0 unspecified atom stereocenters. The zero-order chi connectivity index (χ0) is 12.4. The molecule has 18 heavy (non-hydrogen) atoms. The van der Waals surface area contributed by atoms with Crippen molar-refractivity contribution in [1.82, 2.24) is 13.6 Å². The van der Waals surface area contributed by atoms with Crippen LogP contribution in [0.25, 0.3) is 5.57 Å². The minimum Gasteiger partial charge on any atom is -0.475 e. The molecule has 0 radical (unpaired) electrons. The van der Waals surface area contributed by atoms with Gasteiger partial charge in [-0.25, -0.2) is 0 Å². The molecule has 2 aliphatic rings. The summed E-state index contributed by atoms with van der Waals surface area (Å²) < 4.78 is 19.5. The summed E-state index contributed by atoms with van der Waals surface area (Å²) in [6, 6.07) is 0. The molecule has 98 valence electrons. The largest absolute Gasteiger partial charge is 0.475 e. The molecule has 0 bridgehead atoms. The molecule has 5 nitrogen and oxygen atoms in total. The Morgan fingerprint density at radius 1 is 1.50 bits per heavy atom. The molecule has 3 rings (SSSR count). The quantitative estimate of drug-likeness (QED) is 0.822. The van der Waals surface area contributed by atoms with Crippen LogP contribution in [0.3, 0.4) is 0 Å². The van der Waals surface area contributed by atoms with Gasteiger partial charge in [-0.3, -0.25) is 0 Å². The Morgan fingerprint density at radius 2 is 2.39 bits per heavy atom. The lowest BCUT2D eigenvalue weighted by Crippen LogP contribution is -2.32. The van der Waals surface area contributed by atoms with Gasteiger partial charge in [0.2, 0.25) is 0 Å². The van der Waals surface area contributed by atoms with Gasteiger partial charge in [0.25, 0.3) is 5.88 Å². The summed E-state index contributed by atoms with van der Waals surface area (Å²) in [4.78, 5) is 2.29. The molecule has 1 aromatic rings. The predicted molar refractivity (Wildman–Crippen MR) is 69.8 cm³/mol. The van der Waals surface area contributed by atoms with Crippen molar-refractivity contribution in [3.8, 4) is 5.88 Å². The Balaban J connectivity index is 1.68. The molecule has 0 spiro atoms. The zero-order valence-corrected chi connectivity index (χ0v) is 11.3. The standard InChI is InChI=1S/C12H17N3O2S/c1-15-4-2-3-10(5-15)11-12(14-18-13-11)17-8-9-6-16-7-9/h3,9H,2,4-8H2,1H3. The maximum atomic E-state index is 5.77. The van der Waals surface area contributed by atoms with Crippen LogP contribution in [0, 0.1) is 5.92 Å². The van der Waals surface area contributed by atoms with Crippen LogP contribution in [-0.4, -0.2) is 53.6 Å². The molecule has 0 saturated carbocycles. The Bertz CT molecular complexity index is 442. The van der Waals surface area contributed by atoms with Crippen molar-refractivity contribution in [2.45, 2.75) is 6.42 Å². The normalized spacial score (nSPS) is 21.5. The number of ether oxygens (including phenoxy) is 2. The summed E-state index contributed by atoms with van der Waals surface area (Å²) >= 11 is 1.22. The van der Waals surface area contributed by atoms with E-state index in [0.717, 1.165) is 38.4 Å². The predicted octanol–water partition coefficient (Wildman–Crippen LogP) is 1.28. The molecule has 1 saturated heterocycles.